The van der Waals surface area contributed by atoms with E-state index < -0.39 is 12.0 Å². The van der Waals surface area contributed by atoms with Crippen LogP contribution in [0.15, 0.2) is 42.5 Å². The third-order valence-electron chi connectivity index (χ3n) is 6.06. The number of carbonyl (C=O) groups is 2. The molecule has 0 aromatic heterocycles. The van der Waals surface area contributed by atoms with Gasteiger partial charge >= 0.3 is 0 Å². The van der Waals surface area contributed by atoms with E-state index in [0.717, 1.165) is 25.1 Å². The first-order valence-corrected chi connectivity index (χ1v) is 9.40. The number of likely N-dealkylation sites (N-methyl/N-ethyl adjacent to an activating group) is 1. The SMILES string of the molecule is CN1CC(C(=O)N2CC3(CC3)c3ccccc32)Oc2ccc(C(=O)NO)cc21.Cl. The highest BCUT2D eigenvalue weighted by molar-refractivity contribution is 6.01. The fraction of sp³-hybridized carbons (Fsp3) is 0.333. The number of nitrogens with one attached hydrogen (secondary N) is 1. The lowest BCUT2D eigenvalue weighted by Crippen LogP contribution is -2.49. The van der Waals surface area contributed by atoms with Crippen molar-refractivity contribution in [2.45, 2.75) is 24.4 Å². The zero-order chi connectivity index (χ0) is 19.5. The van der Waals surface area contributed by atoms with Crippen molar-refractivity contribution in [3.63, 3.8) is 0 Å². The van der Waals surface area contributed by atoms with Crippen LogP contribution in [-0.2, 0) is 10.2 Å². The van der Waals surface area contributed by atoms with Crippen molar-refractivity contribution in [3.8, 4) is 5.75 Å². The maximum atomic E-state index is 13.3. The zero-order valence-corrected chi connectivity index (χ0v) is 16.7. The number of anilines is 2. The molecule has 2 heterocycles. The molecule has 1 fully saturated rings. The fourth-order valence-corrected chi connectivity index (χ4v) is 4.37. The minimum Gasteiger partial charge on any atom is -0.477 e. The summed E-state index contributed by atoms with van der Waals surface area (Å²) in [6, 6.07) is 13.0. The number of benzene rings is 2. The van der Waals surface area contributed by atoms with Crippen molar-refractivity contribution in [1.82, 2.24) is 5.48 Å². The van der Waals surface area contributed by atoms with Crippen LogP contribution in [0.1, 0.15) is 28.8 Å². The van der Waals surface area contributed by atoms with E-state index in [1.165, 1.54) is 5.56 Å². The Morgan fingerprint density at radius 2 is 1.93 bits per heavy atom. The van der Waals surface area contributed by atoms with Crippen LogP contribution in [0.25, 0.3) is 0 Å². The van der Waals surface area contributed by atoms with Gasteiger partial charge in [-0.15, -0.1) is 12.4 Å². The maximum Gasteiger partial charge on any atom is 0.274 e. The average molecular weight is 416 g/mol. The van der Waals surface area contributed by atoms with Gasteiger partial charge in [-0.3, -0.25) is 14.8 Å². The molecule has 1 spiro atoms. The smallest absolute Gasteiger partial charge is 0.274 e. The van der Waals surface area contributed by atoms with E-state index in [4.69, 9.17) is 9.94 Å². The van der Waals surface area contributed by atoms with Crippen LogP contribution in [0, 0.1) is 0 Å². The van der Waals surface area contributed by atoms with Crippen molar-refractivity contribution in [2.75, 3.05) is 29.9 Å². The van der Waals surface area contributed by atoms with Crippen LogP contribution in [-0.4, -0.2) is 43.3 Å². The predicted molar refractivity (Wildman–Crippen MR) is 110 cm³/mol. The number of fused-ring (bicyclic) bond motifs is 3. The number of hydrogen-bond donors (Lipinski definition) is 2. The average Bonchev–Trinajstić information content (AvgIpc) is 3.43. The number of hydroxylamine groups is 1. The second-order valence-electron chi connectivity index (χ2n) is 7.83. The summed E-state index contributed by atoms with van der Waals surface area (Å²) >= 11 is 0. The first-order chi connectivity index (χ1) is 13.5. The van der Waals surface area contributed by atoms with Gasteiger partial charge in [-0.2, -0.15) is 0 Å². The third kappa shape index (κ3) is 3.01. The molecule has 7 nitrogen and oxygen atoms in total. The highest BCUT2D eigenvalue weighted by Crippen LogP contribution is 2.56. The summed E-state index contributed by atoms with van der Waals surface area (Å²) in [5, 5.41) is 8.83. The van der Waals surface area contributed by atoms with Crippen LogP contribution in [0.2, 0.25) is 0 Å². The summed E-state index contributed by atoms with van der Waals surface area (Å²) in [6.45, 7) is 1.11. The van der Waals surface area contributed by atoms with E-state index >= 15 is 0 Å². The third-order valence-corrected chi connectivity index (χ3v) is 6.06. The van der Waals surface area contributed by atoms with Gasteiger partial charge in [-0.1, -0.05) is 18.2 Å². The fourth-order valence-electron chi connectivity index (χ4n) is 4.37. The van der Waals surface area contributed by atoms with Gasteiger partial charge in [0, 0.05) is 30.3 Å². The molecule has 152 valence electrons. The number of hydrogen-bond acceptors (Lipinski definition) is 5. The number of nitrogens with zero attached hydrogens (tertiary/aromatic N) is 2. The summed E-state index contributed by atoms with van der Waals surface area (Å²) in [7, 11) is 1.86. The molecule has 29 heavy (non-hydrogen) atoms. The second kappa shape index (κ2) is 6.93. The monoisotopic (exact) mass is 415 g/mol. The molecule has 5 rings (SSSR count). The van der Waals surface area contributed by atoms with Gasteiger partial charge < -0.3 is 14.5 Å². The number of carbonyl (C=O) groups excluding carboxylic acids is 2. The minimum atomic E-state index is -0.614. The maximum absolute atomic E-state index is 13.3. The first-order valence-electron chi connectivity index (χ1n) is 9.40. The van der Waals surface area contributed by atoms with Crippen molar-refractivity contribution in [1.29, 1.82) is 0 Å². The van der Waals surface area contributed by atoms with Crippen molar-refractivity contribution < 1.29 is 19.5 Å². The van der Waals surface area contributed by atoms with Gasteiger partial charge in [0.2, 0.25) is 0 Å². The molecule has 1 atom stereocenters. The standard InChI is InChI=1S/C21H21N3O4.ClH/c1-23-11-18(28-17-7-6-13(10-16(17)23)19(25)22-27)20(26)24-12-21(8-9-21)14-4-2-3-5-15(14)24;/h2-7,10,18,27H,8-9,11-12H2,1H3,(H,22,25);1H. The van der Waals surface area contributed by atoms with Crippen LogP contribution in [0.3, 0.4) is 0 Å². The highest BCUT2D eigenvalue weighted by atomic mass is 35.5. The van der Waals surface area contributed by atoms with E-state index in [2.05, 4.69) is 6.07 Å². The summed E-state index contributed by atoms with van der Waals surface area (Å²) in [6.07, 6.45) is 1.63. The van der Waals surface area contributed by atoms with Crippen LogP contribution in [0.4, 0.5) is 11.4 Å². The largest absolute Gasteiger partial charge is 0.477 e. The van der Waals surface area contributed by atoms with Crippen LogP contribution >= 0.6 is 12.4 Å². The van der Waals surface area contributed by atoms with Crippen LogP contribution in [0.5, 0.6) is 5.75 Å². The van der Waals surface area contributed by atoms with E-state index in [1.807, 2.05) is 35.0 Å². The molecule has 0 bridgehead atoms. The van der Waals surface area contributed by atoms with E-state index in [9.17, 15) is 9.59 Å². The topological polar surface area (TPSA) is 82.1 Å². The quantitative estimate of drug-likeness (QED) is 0.581. The molecule has 1 unspecified atom stereocenters. The zero-order valence-electron chi connectivity index (χ0n) is 15.9. The molecule has 8 heteroatoms. The molecule has 2 N–H and O–H groups in total. The van der Waals surface area contributed by atoms with Gasteiger partial charge in [0.05, 0.1) is 12.2 Å². The summed E-state index contributed by atoms with van der Waals surface area (Å²) in [5.74, 6) is -0.0704. The molecule has 1 aliphatic carbocycles. The molecule has 1 saturated carbocycles. The molecule has 0 radical (unpaired) electrons. The predicted octanol–water partition coefficient (Wildman–Crippen LogP) is 2.50. The lowest BCUT2D eigenvalue weighted by atomic mass is 9.99. The van der Waals surface area contributed by atoms with Gasteiger partial charge in [0.15, 0.2) is 6.10 Å². The number of halogens is 1. The number of para-hydroxylation sites is 1. The Hall–Kier alpha value is -2.77. The van der Waals surface area contributed by atoms with Gasteiger partial charge in [0.25, 0.3) is 11.8 Å². The van der Waals surface area contributed by atoms with Gasteiger partial charge in [0.1, 0.15) is 5.75 Å². The summed E-state index contributed by atoms with van der Waals surface area (Å²) in [4.78, 5) is 28.8. The van der Waals surface area contributed by atoms with Crippen molar-refractivity contribution in [2.24, 2.45) is 0 Å². The van der Waals surface area contributed by atoms with Gasteiger partial charge in [-0.25, -0.2) is 5.48 Å². The van der Waals surface area contributed by atoms with E-state index in [1.54, 1.807) is 23.7 Å². The molecular formula is C21H22ClN3O4. The number of ether oxygens (including phenoxy) is 1. The molecule has 2 aromatic carbocycles. The summed E-state index contributed by atoms with van der Waals surface area (Å²) in [5.41, 5.74) is 5.07. The number of amides is 2. The van der Waals surface area contributed by atoms with E-state index in [0.29, 0.717) is 23.5 Å². The highest BCUT2D eigenvalue weighted by Gasteiger charge is 2.53. The van der Waals surface area contributed by atoms with Crippen molar-refractivity contribution in [3.05, 3.63) is 53.6 Å². The normalized spacial score (nSPS) is 20.3. The van der Waals surface area contributed by atoms with Gasteiger partial charge in [-0.05, 0) is 42.7 Å². The Bertz CT molecular complexity index is 992. The summed E-state index contributed by atoms with van der Waals surface area (Å²) < 4.78 is 6.02. The Balaban J connectivity index is 0.00000205. The molecular weight excluding hydrogens is 394 g/mol. The van der Waals surface area contributed by atoms with Crippen molar-refractivity contribution >= 4 is 35.6 Å². The Morgan fingerprint density at radius 1 is 1.17 bits per heavy atom. The molecule has 2 amide bonds. The molecule has 2 aromatic rings. The van der Waals surface area contributed by atoms with Crippen LogP contribution < -0.4 is 20.0 Å². The van der Waals surface area contributed by atoms with E-state index in [-0.39, 0.29) is 23.7 Å². The minimum absolute atomic E-state index is 0. The lowest BCUT2D eigenvalue weighted by Gasteiger charge is -2.35. The Morgan fingerprint density at radius 3 is 2.66 bits per heavy atom. The lowest BCUT2D eigenvalue weighted by molar-refractivity contribution is -0.125. The number of rotatable bonds is 2. The Labute approximate surface area is 174 Å². The molecule has 3 aliphatic rings. The second-order valence-corrected chi connectivity index (χ2v) is 7.83. The molecule has 0 saturated heterocycles. The molecule has 2 aliphatic heterocycles. The first kappa shape index (κ1) is 19.5. The Kier molecular flexibility index (Phi) is 4.67.